The summed E-state index contributed by atoms with van der Waals surface area (Å²) < 4.78 is 0. The molecular weight excluding hydrogens is 343 g/mol. The van der Waals surface area contributed by atoms with Crippen LogP contribution < -0.4 is 0 Å². The van der Waals surface area contributed by atoms with Crippen LogP contribution in [0.25, 0.3) is 10.6 Å². The fourth-order valence-electron chi connectivity index (χ4n) is 1.31. The Morgan fingerprint density at radius 2 is 2.12 bits per heavy atom. The molecule has 90 valence electrons. The van der Waals surface area contributed by atoms with Gasteiger partial charge in [-0.15, -0.1) is 10.2 Å². The van der Waals surface area contributed by atoms with Gasteiger partial charge in [0.25, 0.3) is 0 Å². The predicted octanol–water partition coefficient (Wildman–Crippen LogP) is 5.36. The van der Waals surface area contributed by atoms with Crippen LogP contribution in [0.5, 0.6) is 0 Å². The van der Waals surface area contributed by atoms with Crippen LogP contribution in [0.2, 0.25) is 10.0 Å². The molecule has 0 amide bonds. The molecule has 0 aliphatic heterocycles. The van der Waals surface area contributed by atoms with E-state index in [1.165, 1.54) is 11.3 Å². The van der Waals surface area contributed by atoms with Crippen molar-refractivity contribution in [3.05, 3.63) is 33.3 Å². The van der Waals surface area contributed by atoms with Gasteiger partial charge < -0.3 is 0 Å². The zero-order chi connectivity index (χ0) is 12.4. The Morgan fingerprint density at radius 3 is 2.82 bits per heavy atom. The number of halogens is 3. The molecule has 1 aromatic heterocycles. The fourth-order valence-corrected chi connectivity index (χ4v) is 3.05. The number of benzene rings is 1. The van der Waals surface area contributed by atoms with Gasteiger partial charge in [0.2, 0.25) is 0 Å². The van der Waals surface area contributed by atoms with E-state index in [0.29, 0.717) is 10.0 Å². The molecule has 2 nitrogen and oxygen atoms in total. The van der Waals surface area contributed by atoms with E-state index in [9.17, 15) is 0 Å². The summed E-state index contributed by atoms with van der Waals surface area (Å²) in [6.07, 6.45) is 0.970. The normalized spacial score (nSPS) is 12.7. The molecule has 2 aromatic rings. The van der Waals surface area contributed by atoms with E-state index in [0.717, 1.165) is 22.0 Å². The third-order valence-corrected chi connectivity index (χ3v) is 5.24. The van der Waals surface area contributed by atoms with Gasteiger partial charge in [-0.25, -0.2) is 0 Å². The molecule has 1 unspecified atom stereocenters. The maximum atomic E-state index is 6.12. The molecule has 0 fully saturated rings. The molecule has 0 bridgehead atoms. The van der Waals surface area contributed by atoms with Gasteiger partial charge in [0.05, 0.1) is 9.85 Å². The van der Waals surface area contributed by atoms with Crippen molar-refractivity contribution in [2.75, 3.05) is 0 Å². The molecule has 0 aliphatic rings. The first-order valence-corrected chi connectivity index (χ1v) is 7.53. The molecule has 1 aromatic carbocycles. The Morgan fingerprint density at radius 1 is 1.35 bits per heavy atom. The number of rotatable bonds is 3. The van der Waals surface area contributed by atoms with Crippen LogP contribution in [0.4, 0.5) is 0 Å². The molecule has 0 saturated heterocycles. The third-order valence-electron chi connectivity index (χ3n) is 2.23. The monoisotopic (exact) mass is 350 g/mol. The quantitative estimate of drug-likeness (QED) is 0.696. The standard InChI is InChI=1S/C11H9BrCl2N2S/c1-2-8(12)11-16-15-10(17-11)7-5-6(13)3-4-9(7)14/h3-5,8H,2H2,1H3. The summed E-state index contributed by atoms with van der Waals surface area (Å²) in [6, 6.07) is 5.34. The second kappa shape index (κ2) is 5.65. The van der Waals surface area contributed by atoms with Gasteiger partial charge in [0.1, 0.15) is 10.0 Å². The number of hydrogen-bond acceptors (Lipinski definition) is 3. The molecule has 2 rings (SSSR count). The summed E-state index contributed by atoms with van der Waals surface area (Å²) >= 11 is 17.2. The van der Waals surface area contributed by atoms with Crippen molar-refractivity contribution in [1.29, 1.82) is 0 Å². The molecule has 0 radical (unpaired) electrons. The minimum atomic E-state index is 0.242. The highest BCUT2D eigenvalue weighted by molar-refractivity contribution is 9.09. The first-order chi connectivity index (χ1) is 8.11. The Kier molecular flexibility index (Phi) is 4.42. The molecule has 17 heavy (non-hydrogen) atoms. The van der Waals surface area contributed by atoms with Gasteiger partial charge in [-0.1, -0.05) is 57.4 Å². The first-order valence-electron chi connectivity index (χ1n) is 5.04. The lowest BCUT2D eigenvalue weighted by atomic mass is 10.2. The average molecular weight is 352 g/mol. The van der Waals surface area contributed by atoms with Gasteiger partial charge in [0, 0.05) is 10.6 Å². The van der Waals surface area contributed by atoms with E-state index >= 15 is 0 Å². The van der Waals surface area contributed by atoms with E-state index in [4.69, 9.17) is 23.2 Å². The van der Waals surface area contributed by atoms with Crippen LogP contribution in [0.15, 0.2) is 18.2 Å². The molecular formula is C11H9BrCl2N2S. The smallest absolute Gasteiger partial charge is 0.142 e. The second-order valence-corrected chi connectivity index (χ2v) is 6.40. The third kappa shape index (κ3) is 2.99. The Bertz CT molecular complexity index is 530. The SMILES string of the molecule is CCC(Br)c1nnc(-c2cc(Cl)ccc2Cl)s1. The summed E-state index contributed by atoms with van der Waals surface area (Å²) in [5.41, 5.74) is 0.832. The Balaban J connectivity index is 2.40. The minimum absolute atomic E-state index is 0.242. The fraction of sp³-hybridized carbons (Fsp3) is 0.273. The maximum absolute atomic E-state index is 6.12. The van der Waals surface area contributed by atoms with Crippen LogP contribution in [0.1, 0.15) is 23.2 Å². The number of nitrogens with zero attached hydrogens (tertiary/aromatic N) is 2. The van der Waals surface area contributed by atoms with Crippen molar-refractivity contribution in [2.24, 2.45) is 0 Å². The molecule has 0 aliphatic carbocycles. The van der Waals surface area contributed by atoms with Gasteiger partial charge in [0.15, 0.2) is 0 Å². The van der Waals surface area contributed by atoms with E-state index in [1.54, 1.807) is 12.1 Å². The second-order valence-electron chi connectivity index (χ2n) is 3.45. The molecule has 0 saturated carbocycles. The Labute approximate surface area is 122 Å². The highest BCUT2D eigenvalue weighted by Crippen LogP contribution is 2.36. The summed E-state index contributed by atoms with van der Waals surface area (Å²) in [6.45, 7) is 2.09. The molecule has 6 heteroatoms. The van der Waals surface area contributed by atoms with Gasteiger partial charge in [-0.2, -0.15) is 0 Å². The molecule has 1 atom stereocenters. The maximum Gasteiger partial charge on any atom is 0.149 e. The van der Waals surface area contributed by atoms with Gasteiger partial charge in [-0.3, -0.25) is 0 Å². The van der Waals surface area contributed by atoms with E-state index < -0.39 is 0 Å². The minimum Gasteiger partial charge on any atom is -0.142 e. The number of hydrogen-bond donors (Lipinski definition) is 0. The highest BCUT2D eigenvalue weighted by Gasteiger charge is 2.14. The predicted molar refractivity (Wildman–Crippen MR) is 77.3 cm³/mol. The zero-order valence-corrected chi connectivity index (χ0v) is 12.9. The van der Waals surface area contributed by atoms with Crippen molar-refractivity contribution >= 4 is 50.5 Å². The van der Waals surface area contributed by atoms with E-state index in [-0.39, 0.29) is 4.83 Å². The molecule has 1 heterocycles. The summed E-state index contributed by atoms with van der Waals surface area (Å²) in [4.78, 5) is 0.242. The first kappa shape index (κ1) is 13.3. The largest absolute Gasteiger partial charge is 0.149 e. The highest BCUT2D eigenvalue weighted by atomic mass is 79.9. The van der Waals surface area contributed by atoms with Crippen molar-refractivity contribution in [1.82, 2.24) is 10.2 Å². The van der Waals surface area contributed by atoms with Crippen molar-refractivity contribution in [2.45, 2.75) is 18.2 Å². The zero-order valence-electron chi connectivity index (χ0n) is 8.95. The van der Waals surface area contributed by atoms with Crippen LogP contribution in [-0.2, 0) is 0 Å². The lowest BCUT2D eigenvalue weighted by Gasteiger charge is -2.00. The van der Waals surface area contributed by atoms with Crippen molar-refractivity contribution in [3.8, 4) is 10.6 Å². The number of aromatic nitrogens is 2. The molecule has 0 spiro atoms. The number of alkyl halides is 1. The van der Waals surface area contributed by atoms with Crippen LogP contribution in [0.3, 0.4) is 0 Å². The lowest BCUT2D eigenvalue weighted by molar-refractivity contribution is 0.870. The molecule has 0 N–H and O–H groups in total. The van der Waals surface area contributed by atoms with Crippen molar-refractivity contribution < 1.29 is 0 Å². The van der Waals surface area contributed by atoms with Gasteiger partial charge in [-0.05, 0) is 24.6 Å². The van der Waals surface area contributed by atoms with Crippen LogP contribution in [0, 0.1) is 0 Å². The summed E-state index contributed by atoms with van der Waals surface area (Å²) in [5, 5.41) is 11.3. The average Bonchev–Trinajstić information content (AvgIpc) is 2.80. The van der Waals surface area contributed by atoms with Crippen molar-refractivity contribution in [3.63, 3.8) is 0 Å². The van der Waals surface area contributed by atoms with E-state index in [2.05, 4.69) is 33.1 Å². The van der Waals surface area contributed by atoms with Gasteiger partial charge >= 0.3 is 0 Å². The summed E-state index contributed by atoms with van der Waals surface area (Å²) in [5.74, 6) is 0. The summed E-state index contributed by atoms with van der Waals surface area (Å²) in [7, 11) is 0. The topological polar surface area (TPSA) is 25.8 Å². The van der Waals surface area contributed by atoms with Crippen LogP contribution >= 0.6 is 50.5 Å². The Hall–Kier alpha value is -0.160. The lowest BCUT2D eigenvalue weighted by Crippen LogP contribution is -1.84. The van der Waals surface area contributed by atoms with Crippen LogP contribution in [-0.4, -0.2) is 10.2 Å². The van der Waals surface area contributed by atoms with E-state index in [1.807, 2.05) is 6.07 Å².